The van der Waals surface area contributed by atoms with Gasteiger partial charge in [0, 0.05) is 11.8 Å². The van der Waals surface area contributed by atoms with Crippen molar-refractivity contribution in [1.82, 2.24) is 4.90 Å². The van der Waals surface area contributed by atoms with Crippen LogP contribution in [0.3, 0.4) is 0 Å². The standard InChI is InChI=1S/C26H35NO2/c1-5-28-23-18-21(16-15-20-12-8-7-9-13-20)26(27(3)4)19-24(29-6-2)25(23)17-11-10-14-22(25)26/h7-9,12-13,15-16,18-19,21-22H,5-6,10-11,14,17H2,1-4H3/b16-15+/t21-,22-,25+,26+/m0/s1. The van der Waals surface area contributed by atoms with E-state index in [0.717, 1.165) is 17.9 Å². The summed E-state index contributed by atoms with van der Waals surface area (Å²) in [6, 6.07) is 10.6. The Hall–Kier alpha value is -2.00. The molecule has 156 valence electrons. The molecule has 1 saturated carbocycles. The minimum Gasteiger partial charge on any atom is -0.497 e. The fourth-order valence-corrected chi connectivity index (χ4v) is 6.11. The van der Waals surface area contributed by atoms with Gasteiger partial charge in [-0.25, -0.2) is 0 Å². The van der Waals surface area contributed by atoms with Crippen molar-refractivity contribution in [3.8, 4) is 0 Å². The average molecular weight is 394 g/mol. The molecule has 0 saturated heterocycles. The molecule has 4 rings (SSSR count). The van der Waals surface area contributed by atoms with Crippen LogP contribution in [0, 0.1) is 17.3 Å². The fourth-order valence-electron chi connectivity index (χ4n) is 6.11. The van der Waals surface area contributed by atoms with Crippen molar-refractivity contribution in [3.63, 3.8) is 0 Å². The highest BCUT2D eigenvalue weighted by Gasteiger charge is 2.66. The van der Waals surface area contributed by atoms with Gasteiger partial charge in [0.25, 0.3) is 0 Å². The molecule has 1 fully saturated rings. The summed E-state index contributed by atoms with van der Waals surface area (Å²) in [4.78, 5) is 2.43. The molecule has 0 spiro atoms. The second-order valence-corrected chi connectivity index (χ2v) is 8.75. The summed E-state index contributed by atoms with van der Waals surface area (Å²) in [5, 5.41) is 0. The number of hydrogen-bond donors (Lipinski definition) is 0. The molecule has 0 amide bonds. The van der Waals surface area contributed by atoms with Crippen LogP contribution in [0.2, 0.25) is 0 Å². The highest BCUT2D eigenvalue weighted by Crippen LogP contribution is 2.66. The van der Waals surface area contributed by atoms with Crippen molar-refractivity contribution in [2.75, 3.05) is 27.3 Å². The Kier molecular flexibility index (Phi) is 5.61. The number of likely N-dealkylation sites (N-methyl/N-ethyl adjacent to an activating group) is 1. The van der Waals surface area contributed by atoms with Gasteiger partial charge in [-0.05, 0) is 58.5 Å². The number of rotatable bonds is 7. The molecule has 0 unspecified atom stereocenters. The summed E-state index contributed by atoms with van der Waals surface area (Å²) in [6.07, 6.45) is 14.3. The smallest absolute Gasteiger partial charge is 0.108 e. The van der Waals surface area contributed by atoms with E-state index in [1.807, 2.05) is 0 Å². The summed E-state index contributed by atoms with van der Waals surface area (Å²) in [5.74, 6) is 3.02. The maximum atomic E-state index is 6.34. The molecular formula is C26H35NO2. The van der Waals surface area contributed by atoms with Gasteiger partial charge in [0.15, 0.2) is 0 Å². The van der Waals surface area contributed by atoms with Gasteiger partial charge in [-0.1, -0.05) is 55.3 Å². The van der Waals surface area contributed by atoms with E-state index in [1.54, 1.807) is 0 Å². The third kappa shape index (κ3) is 3.06. The SMILES string of the molecule is CCOC1=C[C@H](/C=C/c2ccccc2)[C@]2(N(C)C)C=C(OCC)[C@@]13CCCC[C@@H]32. The summed E-state index contributed by atoms with van der Waals surface area (Å²) < 4.78 is 12.7. The third-order valence-corrected chi connectivity index (χ3v) is 7.24. The van der Waals surface area contributed by atoms with Gasteiger partial charge in [0.1, 0.15) is 11.5 Å². The second-order valence-electron chi connectivity index (χ2n) is 8.75. The van der Waals surface area contributed by atoms with Gasteiger partial charge in [0.2, 0.25) is 0 Å². The van der Waals surface area contributed by atoms with E-state index in [-0.39, 0.29) is 16.9 Å². The molecule has 2 bridgehead atoms. The molecule has 1 aromatic carbocycles. The first-order chi connectivity index (χ1) is 14.1. The summed E-state index contributed by atoms with van der Waals surface area (Å²) in [7, 11) is 4.46. The molecule has 0 radical (unpaired) electrons. The topological polar surface area (TPSA) is 21.7 Å². The Morgan fingerprint density at radius 1 is 1.03 bits per heavy atom. The van der Waals surface area contributed by atoms with E-state index in [0.29, 0.717) is 19.1 Å². The lowest BCUT2D eigenvalue weighted by atomic mass is 9.55. The molecule has 0 aliphatic heterocycles. The fraction of sp³-hybridized carbons (Fsp3) is 0.538. The molecule has 3 nitrogen and oxygen atoms in total. The van der Waals surface area contributed by atoms with Crippen LogP contribution in [0.25, 0.3) is 6.08 Å². The van der Waals surface area contributed by atoms with Crippen molar-refractivity contribution >= 4 is 6.08 Å². The molecule has 0 heterocycles. The van der Waals surface area contributed by atoms with Gasteiger partial charge in [-0.3, -0.25) is 4.90 Å². The lowest BCUT2D eigenvalue weighted by Gasteiger charge is -2.55. The molecule has 0 N–H and O–H groups in total. The first kappa shape index (κ1) is 20.3. The molecule has 3 aliphatic rings. The Labute approximate surface area is 176 Å². The zero-order valence-electron chi connectivity index (χ0n) is 18.4. The Bertz CT molecular complexity index is 809. The van der Waals surface area contributed by atoms with E-state index in [2.05, 4.69) is 87.5 Å². The van der Waals surface area contributed by atoms with Crippen molar-refractivity contribution in [2.24, 2.45) is 17.3 Å². The average Bonchev–Trinajstić information content (AvgIpc) is 2.98. The monoisotopic (exact) mass is 393 g/mol. The Balaban J connectivity index is 1.86. The molecule has 29 heavy (non-hydrogen) atoms. The largest absolute Gasteiger partial charge is 0.497 e. The van der Waals surface area contributed by atoms with Crippen LogP contribution >= 0.6 is 0 Å². The third-order valence-electron chi connectivity index (χ3n) is 7.24. The molecular weight excluding hydrogens is 358 g/mol. The van der Waals surface area contributed by atoms with Crippen molar-refractivity contribution in [3.05, 3.63) is 65.6 Å². The van der Waals surface area contributed by atoms with E-state index < -0.39 is 0 Å². The lowest BCUT2D eigenvalue weighted by Crippen LogP contribution is -2.59. The molecule has 3 heteroatoms. The highest BCUT2D eigenvalue weighted by atomic mass is 16.5. The van der Waals surface area contributed by atoms with E-state index in [4.69, 9.17) is 9.47 Å². The summed E-state index contributed by atoms with van der Waals surface area (Å²) >= 11 is 0. The zero-order chi connectivity index (χ0) is 20.5. The molecule has 1 aromatic rings. The second kappa shape index (κ2) is 8.02. The molecule has 4 atom stereocenters. The Morgan fingerprint density at radius 3 is 2.45 bits per heavy atom. The van der Waals surface area contributed by atoms with Crippen LogP contribution in [-0.2, 0) is 9.47 Å². The molecule has 0 aromatic heterocycles. The number of benzene rings is 1. The van der Waals surface area contributed by atoms with Crippen LogP contribution in [-0.4, -0.2) is 37.7 Å². The maximum Gasteiger partial charge on any atom is 0.108 e. The van der Waals surface area contributed by atoms with E-state index in [9.17, 15) is 0 Å². The number of ether oxygens (including phenoxy) is 2. The number of nitrogens with zero attached hydrogens (tertiary/aromatic N) is 1. The lowest BCUT2D eigenvalue weighted by molar-refractivity contribution is -0.0322. The zero-order valence-corrected chi connectivity index (χ0v) is 18.4. The molecule has 3 aliphatic carbocycles. The van der Waals surface area contributed by atoms with Crippen molar-refractivity contribution in [1.29, 1.82) is 0 Å². The highest BCUT2D eigenvalue weighted by molar-refractivity contribution is 5.53. The minimum absolute atomic E-state index is 0.0726. The number of hydrogen-bond acceptors (Lipinski definition) is 3. The predicted octanol–water partition coefficient (Wildman–Crippen LogP) is 5.66. The van der Waals surface area contributed by atoms with Gasteiger partial charge < -0.3 is 9.47 Å². The van der Waals surface area contributed by atoms with Crippen LogP contribution < -0.4 is 0 Å². The van der Waals surface area contributed by atoms with Gasteiger partial charge in [0.05, 0.1) is 24.2 Å². The van der Waals surface area contributed by atoms with Crippen LogP contribution in [0.1, 0.15) is 45.1 Å². The normalized spacial score (nSPS) is 33.4. The van der Waals surface area contributed by atoms with E-state index >= 15 is 0 Å². The first-order valence-corrected chi connectivity index (χ1v) is 11.2. The summed E-state index contributed by atoms with van der Waals surface area (Å²) in [6.45, 7) is 5.59. The predicted molar refractivity (Wildman–Crippen MR) is 119 cm³/mol. The quantitative estimate of drug-likeness (QED) is 0.596. The maximum absolute atomic E-state index is 6.34. The van der Waals surface area contributed by atoms with Crippen LogP contribution in [0.4, 0.5) is 0 Å². The van der Waals surface area contributed by atoms with Gasteiger partial charge in [-0.15, -0.1) is 0 Å². The van der Waals surface area contributed by atoms with E-state index in [1.165, 1.54) is 24.8 Å². The van der Waals surface area contributed by atoms with Gasteiger partial charge >= 0.3 is 0 Å². The minimum atomic E-state index is -0.0916. The van der Waals surface area contributed by atoms with Crippen LogP contribution in [0.5, 0.6) is 0 Å². The first-order valence-electron chi connectivity index (χ1n) is 11.2. The van der Waals surface area contributed by atoms with Crippen molar-refractivity contribution < 1.29 is 9.47 Å². The van der Waals surface area contributed by atoms with Crippen LogP contribution in [0.15, 0.2) is 60.1 Å². The summed E-state index contributed by atoms with van der Waals surface area (Å²) in [5.41, 5.74) is 1.07. The van der Waals surface area contributed by atoms with Gasteiger partial charge in [-0.2, -0.15) is 0 Å². The Morgan fingerprint density at radius 2 is 1.76 bits per heavy atom. The van der Waals surface area contributed by atoms with Crippen molar-refractivity contribution in [2.45, 2.75) is 45.1 Å².